The van der Waals surface area contributed by atoms with Crippen LogP contribution in [0.4, 0.5) is 5.69 Å². The lowest BCUT2D eigenvalue weighted by Crippen LogP contribution is -2.59. The highest BCUT2D eigenvalue weighted by Crippen LogP contribution is 2.42. The normalized spacial score (nSPS) is 14.2. The standard InChI is InChI=1S/C25H26N4O5S/c1-5-20(30)28-17-11-9-8-10-16(17)22-23(32)26-25(35-4)27-29(22)24(28)15-12-13-18(34-21(31)6-2)19(14-15)33-7-3/h8-14,24H,5-7H2,1-4H3. The number of carbonyl (C=O) groups excluding carboxylic acids is 2. The summed E-state index contributed by atoms with van der Waals surface area (Å²) < 4.78 is 12.8. The van der Waals surface area contributed by atoms with Crippen LogP contribution < -0.4 is 24.2 Å². The summed E-state index contributed by atoms with van der Waals surface area (Å²) in [4.78, 5) is 31.0. The van der Waals surface area contributed by atoms with E-state index in [9.17, 15) is 14.7 Å². The first-order valence-corrected chi connectivity index (χ1v) is 12.6. The third-order valence-corrected chi connectivity index (χ3v) is 6.09. The van der Waals surface area contributed by atoms with E-state index in [1.165, 1.54) is 11.8 Å². The molecule has 1 unspecified atom stereocenters. The fourth-order valence-electron chi connectivity index (χ4n) is 3.99. The molecule has 10 heteroatoms. The molecule has 0 bridgehead atoms. The van der Waals surface area contributed by atoms with Gasteiger partial charge in [-0.25, -0.2) is 9.88 Å². The highest BCUT2D eigenvalue weighted by molar-refractivity contribution is 7.98. The number of nitrogens with zero attached hydrogens (tertiary/aromatic N) is 4. The Morgan fingerprint density at radius 3 is 2.57 bits per heavy atom. The van der Waals surface area contributed by atoms with E-state index in [1.807, 2.05) is 25.1 Å². The van der Waals surface area contributed by atoms with Crippen LogP contribution in [0.5, 0.6) is 17.4 Å². The Labute approximate surface area is 207 Å². The second-order valence-electron chi connectivity index (χ2n) is 7.67. The number of para-hydroxylation sites is 1. The average Bonchev–Trinajstić information content (AvgIpc) is 2.88. The second-order valence-corrected chi connectivity index (χ2v) is 8.45. The summed E-state index contributed by atoms with van der Waals surface area (Å²) in [6, 6.07) is 12.3. The molecule has 3 aromatic rings. The molecule has 35 heavy (non-hydrogen) atoms. The van der Waals surface area contributed by atoms with Crippen molar-refractivity contribution < 1.29 is 28.9 Å². The van der Waals surface area contributed by atoms with Crippen molar-refractivity contribution in [1.82, 2.24) is 10.1 Å². The van der Waals surface area contributed by atoms with Gasteiger partial charge in [0, 0.05) is 23.5 Å². The van der Waals surface area contributed by atoms with Gasteiger partial charge in [-0.3, -0.25) is 9.59 Å². The summed E-state index contributed by atoms with van der Waals surface area (Å²) in [7, 11) is 0. The van der Waals surface area contributed by atoms with Crippen LogP contribution in [0.25, 0.3) is 11.3 Å². The molecule has 2 heterocycles. The Kier molecular flexibility index (Phi) is 7.20. The summed E-state index contributed by atoms with van der Waals surface area (Å²) in [6.45, 7) is 5.67. The zero-order valence-corrected chi connectivity index (χ0v) is 20.8. The van der Waals surface area contributed by atoms with Crippen molar-refractivity contribution >= 4 is 29.3 Å². The van der Waals surface area contributed by atoms with Gasteiger partial charge in [-0.05, 0) is 43.5 Å². The number of esters is 1. The van der Waals surface area contributed by atoms with Gasteiger partial charge in [-0.15, -0.1) is 0 Å². The molecule has 1 amide bonds. The summed E-state index contributed by atoms with van der Waals surface area (Å²) in [5, 5.41) is 18.1. The number of thioether (sulfide) groups is 1. The number of benzene rings is 2. The van der Waals surface area contributed by atoms with Gasteiger partial charge in [-0.1, -0.05) is 42.4 Å². The van der Waals surface area contributed by atoms with Crippen molar-refractivity contribution in [3.8, 4) is 28.6 Å². The zero-order chi connectivity index (χ0) is 25.1. The monoisotopic (exact) mass is 494 g/mol. The van der Waals surface area contributed by atoms with E-state index in [4.69, 9.17) is 9.47 Å². The molecule has 0 aliphatic carbocycles. The number of rotatable bonds is 7. The van der Waals surface area contributed by atoms with Crippen LogP contribution in [0.2, 0.25) is 0 Å². The highest BCUT2D eigenvalue weighted by Gasteiger charge is 2.44. The van der Waals surface area contributed by atoms with E-state index in [0.29, 0.717) is 40.0 Å². The third kappa shape index (κ3) is 4.53. The zero-order valence-electron chi connectivity index (χ0n) is 20.0. The minimum absolute atomic E-state index is 0.142. The molecule has 9 nitrogen and oxygen atoms in total. The molecule has 0 spiro atoms. The lowest BCUT2D eigenvalue weighted by atomic mass is 10.0. The number of aromatic nitrogens is 3. The minimum Gasteiger partial charge on any atom is -0.854 e. The van der Waals surface area contributed by atoms with E-state index in [2.05, 4.69) is 10.1 Å². The van der Waals surface area contributed by atoms with Crippen LogP contribution >= 0.6 is 11.8 Å². The molecule has 182 valence electrons. The largest absolute Gasteiger partial charge is 0.854 e. The van der Waals surface area contributed by atoms with Crippen molar-refractivity contribution in [2.45, 2.75) is 44.9 Å². The molecule has 1 aliphatic heterocycles. The molecule has 4 rings (SSSR count). The van der Waals surface area contributed by atoms with Gasteiger partial charge < -0.3 is 14.6 Å². The quantitative estimate of drug-likeness (QED) is 0.213. The minimum atomic E-state index is -0.774. The van der Waals surface area contributed by atoms with Crippen molar-refractivity contribution in [2.75, 3.05) is 17.8 Å². The molecular weight excluding hydrogens is 468 g/mol. The Morgan fingerprint density at radius 1 is 1.11 bits per heavy atom. The van der Waals surface area contributed by atoms with E-state index >= 15 is 0 Å². The second kappa shape index (κ2) is 10.3. The first-order chi connectivity index (χ1) is 16.9. The Balaban J connectivity index is 1.98. The Hall–Kier alpha value is -3.66. The predicted molar refractivity (Wildman–Crippen MR) is 128 cm³/mol. The lowest BCUT2D eigenvalue weighted by Gasteiger charge is -2.33. The number of amides is 1. The van der Waals surface area contributed by atoms with E-state index in [-0.39, 0.29) is 30.5 Å². The fourth-order valence-corrected chi connectivity index (χ4v) is 4.34. The van der Waals surface area contributed by atoms with Crippen LogP contribution in [0.15, 0.2) is 47.6 Å². The molecular formula is C25H26N4O5S. The maximum atomic E-state index is 13.3. The molecule has 1 aromatic heterocycles. The van der Waals surface area contributed by atoms with Crippen molar-refractivity contribution in [3.05, 3.63) is 48.0 Å². The van der Waals surface area contributed by atoms with Gasteiger partial charge in [0.1, 0.15) is 0 Å². The van der Waals surface area contributed by atoms with Crippen molar-refractivity contribution in [3.63, 3.8) is 0 Å². The van der Waals surface area contributed by atoms with Gasteiger partial charge in [0.05, 0.1) is 23.7 Å². The molecule has 2 aromatic carbocycles. The third-order valence-electron chi connectivity index (χ3n) is 5.55. The number of anilines is 1. The first kappa shape index (κ1) is 24.5. The lowest BCUT2D eigenvalue weighted by molar-refractivity contribution is -0.764. The predicted octanol–water partition coefficient (Wildman–Crippen LogP) is 3.24. The van der Waals surface area contributed by atoms with Gasteiger partial charge in [0.15, 0.2) is 11.5 Å². The fraction of sp³-hybridized carbons (Fsp3) is 0.320. The average molecular weight is 495 g/mol. The van der Waals surface area contributed by atoms with E-state index in [0.717, 1.165) is 0 Å². The van der Waals surface area contributed by atoms with Gasteiger partial charge >= 0.3 is 5.97 Å². The number of ether oxygens (including phenoxy) is 2. The van der Waals surface area contributed by atoms with Crippen LogP contribution in [0.3, 0.4) is 0 Å². The molecule has 0 fully saturated rings. The van der Waals surface area contributed by atoms with E-state index in [1.54, 1.807) is 54.0 Å². The molecule has 0 N–H and O–H groups in total. The molecule has 1 aliphatic rings. The van der Waals surface area contributed by atoms with Crippen LogP contribution in [0, 0.1) is 0 Å². The molecule has 0 radical (unpaired) electrons. The van der Waals surface area contributed by atoms with Crippen LogP contribution in [-0.2, 0) is 9.59 Å². The maximum Gasteiger partial charge on any atom is 0.311 e. The summed E-state index contributed by atoms with van der Waals surface area (Å²) in [5.41, 5.74) is 2.11. The van der Waals surface area contributed by atoms with Crippen molar-refractivity contribution in [2.24, 2.45) is 0 Å². The number of hydrogen-bond donors (Lipinski definition) is 0. The Bertz CT molecular complexity index is 1280. The summed E-state index contributed by atoms with van der Waals surface area (Å²) >= 11 is 1.24. The van der Waals surface area contributed by atoms with Crippen molar-refractivity contribution in [1.29, 1.82) is 0 Å². The maximum absolute atomic E-state index is 13.3. The Morgan fingerprint density at radius 2 is 1.89 bits per heavy atom. The van der Waals surface area contributed by atoms with Gasteiger partial charge in [0.2, 0.25) is 5.91 Å². The summed E-state index contributed by atoms with van der Waals surface area (Å²) in [5.74, 6) is -0.311. The molecule has 0 saturated carbocycles. The first-order valence-electron chi connectivity index (χ1n) is 11.4. The number of fused-ring (bicyclic) bond motifs is 3. The van der Waals surface area contributed by atoms with Gasteiger partial charge in [-0.2, -0.15) is 0 Å². The van der Waals surface area contributed by atoms with Crippen LogP contribution in [0.1, 0.15) is 45.3 Å². The van der Waals surface area contributed by atoms with Crippen LogP contribution in [-0.4, -0.2) is 34.8 Å². The topological polar surface area (TPSA) is 109 Å². The smallest absolute Gasteiger partial charge is 0.311 e. The highest BCUT2D eigenvalue weighted by atomic mass is 32.2. The number of hydrogen-bond acceptors (Lipinski definition) is 8. The van der Waals surface area contributed by atoms with Gasteiger partial charge in [0.25, 0.3) is 17.0 Å². The summed E-state index contributed by atoms with van der Waals surface area (Å²) in [6.07, 6.45) is 1.47. The molecule has 1 atom stereocenters. The SMILES string of the molecule is CCOc1cc(C2N(C(=O)CC)c3ccccc3-c3c([O-])nc(SC)n[n+]32)ccc1OC(=O)CC. The number of carbonyl (C=O) groups is 2. The van der Waals surface area contributed by atoms with E-state index < -0.39 is 12.0 Å². The molecule has 0 saturated heterocycles.